The Kier molecular flexibility index (Phi) is 5.71. The van der Waals surface area contributed by atoms with E-state index in [0.29, 0.717) is 53.0 Å². The first-order valence-electron chi connectivity index (χ1n) is 11.6. The van der Waals surface area contributed by atoms with Crippen molar-refractivity contribution in [1.29, 1.82) is 0 Å². The molecular formula is C24H30N6O4S. The van der Waals surface area contributed by atoms with E-state index in [0.717, 1.165) is 25.1 Å². The fourth-order valence-electron chi connectivity index (χ4n) is 4.50. The van der Waals surface area contributed by atoms with Crippen LogP contribution in [0.15, 0.2) is 34.2 Å². The molecular weight excluding hydrogens is 468 g/mol. The molecule has 2 aromatic heterocycles. The normalized spacial score (nSPS) is 20.0. The molecule has 1 unspecified atom stereocenters. The summed E-state index contributed by atoms with van der Waals surface area (Å²) in [7, 11) is -3.58. The molecule has 2 aliphatic heterocycles. The molecule has 186 valence electrons. The van der Waals surface area contributed by atoms with Gasteiger partial charge in [-0.2, -0.15) is 0 Å². The van der Waals surface area contributed by atoms with Crippen LogP contribution in [0.1, 0.15) is 50.7 Å². The maximum Gasteiger partial charge on any atom is 0.216 e. The minimum Gasteiger partial charge on any atom is -0.475 e. The summed E-state index contributed by atoms with van der Waals surface area (Å²) < 4.78 is 39.1. The molecule has 10 nitrogen and oxygen atoms in total. The minimum absolute atomic E-state index is 0.126. The van der Waals surface area contributed by atoms with E-state index in [1.54, 1.807) is 24.3 Å². The number of hydrogen-bond acceptors (Lipinski definition) is 9. The van der Waals surface area contributed by atoms with Gasteiger partial charge in [-0.25, -0.2) is 23.4 Å². The van der Waals surface area contributed by atoms with Crippen molar-refractivity contribution in [3.8, 4) is 0 Å². The first-order valence-corrected chi connectivity index (χ1v) is 13.5. The highest BCUT2D eigenvalue weighted by Gasteiger charge is 2.28. The molecule has 3 N–H and O–H groups in total. The predicted molar refractivity (Wildman–Crippen MR) is 135 cm³/mol. The molecule has 0 amide bonds. The monoisotopic (exact) mass is 498 g/mol. The molecule has 0 saturated carbocycles. The minimum atomic E-state index is -3.58. The van der Waals surface area contributed by atoms with Gasteiger partial charge in [0.05, 0.1) is 21.8 Å². The standard InChI is InChI=1S/C24H30N6O4S/c1-14-26-21-17(12-19(25)28-22(21)30(14)20-7-5-6-10-33-20)27-16-9-8-15(11-18(16)35(4,31)32)23-29-24(2,3)13-34-23/h8-9,11-12,20H,5-7,10,13H2,1-4H3,(H3,25,27,28). The van der Waals surface area contributed by atoms with Crippen molar-refractivity contribution in [3.05, 3.63) is 35.7 Å². The van der Waals surface area contributed by atoms with Crippen molar-refractivity contribution in [3.63, 3.8) is 0 Å². The number of benzene rings is 1. The van der Waals surface area contributed by atoms with Crippen molar-refractivity contribution < 1.29 is 17.9 Å². The van der Waals surface area contributed by atoms with Gasteiger partial charge in [-0.05, 0) is 58.2 Å². The summed E-state index contributed by atoms with van der Waals surface area (Å²) in [5.74, 6) is 1.49. The molecule has 1 fully saturated rings. The number of nitrogens with one attached hydrogen (secondary N) is 1. The Labute approximate surface area is 204 Å². The Hall–Kier alpha value is -3.18. The van der Waals surface area contributed by atoms with Crippen molar-refractivity contribution in [2.45, 2.75) is 56.7 Å². The number of pyridine rings is 1. The van der Waals surface area contributed by atoms with Gasteiger partial charge in [0, 0.05) is 24.5 Å². The van der Waals surface area contributed by atoms with Crippen LogP contribution in [0.5, 0.6) is 0 Å². The number of aromatic nitrogens is 3. The first kappa shape index (κ1) is 23.6. The number of nitrogens with zero attached hydrogens (tertiary/aromatic N) is 4. The van der Waals surface area contributed by atoms with E-state index in [4.69, 9.17) is 20.2 Å². The second kappa shape index (κ2) is 8.49. The average Bonchev–Trinajstić information content (AvgIpc) is 3.32. The third kappa shape index (κ3) is 4.57. The Morgan fingerprint density at radius 3 is 2.63 bits per heavy atom. The van der Waals surface area contributed by atoms with Crippen LogP contribution in [0.25, 0.3) is 11.2 Å². The lowest BCUT2D eigenvalue weighted by Gasteiger charge is -2.25. The molecule has 3 aromatic rings. The number of nitrogen functional groups attached to an aromatic ring is 1. The molecule has 35 heavy (non-hydrogen) atoms. The quantitative estimate of drug-likeness (QED) is 0.544. The van der Waals surface area contributed by atoms with Gasteiger partial charge in [0.2, 0.25) is 5.90 Å². The van der Waals surface area contributed by atoms with Crippen LogP contribution in [-0.4, -0.2) is 53.9 Å². The highest BCUT2D eigenvalue weighted by Crippen LogP contribution is 2.35. The van der Waals surface area contributed by atoms with Gasteiger partial charge in [0.15, 0.2) is 15.5 Å². The predicted octanol–water partition coefficient (Wildman–Crippen LogP) is 3.72. The maximum absolute atomic E-state index is 12.7. The Bertz CT molecular complexity index is 1440. The van der Waals surface area contributed by atoms with E-state index < -0.39 is 9.84 Å². The molecule has 0 bridgehead atoms. The number of aryl methyl sites for hydroxylation is 1. The number of ether oxygens (including phenoxy) is 2. The van der Waals surface area contributed by atoms with E-state index in [1.807, 2.05) is 25.3 Å². The van der Waals surface area contributed by atoms with Gasteiger partial charge in [-0.15, -0.1) is 0 Å². The molecule has 0 spiro atoms. The third-order valence-corrected chi connectivity index (χ3v) is 7.29. The van der Waals surface area contributed by atoms with Gasteiger partial charge in [0.25, 0.3) is 0 Å². The highest BCUT2D eigenvalue weighted by molar-refractivity contribution is 7.90. The van der Waals surface area contributed by atoms with Crippen molar-refractivity contribution in [2.75, 3.05) is 30.5 Å². The zero-order chi connectivity index (χ0) is 25.0. The van der Waals surface area contributed by atoms with Gasteiger partial charge in [-0.3, -0.25) is 4.57 Å². The smallest absolute Gasteiger partial charge is 0.216 e. The van der Waals surface area contributed by atoms with Gasteiger partial charge in [0.1, 0.15) is 30.0 Å². The van der Waals surface area contributed by atoms with Gasteiger partial charge < -0.3 is 20.5 Å². The lowest BCUT2D eigenvalue weighted by Crippen LogP contribution is -2.19. The van der Waals surface area contributed by atoms with Crippen molar-refractivity contribution >= 4 is 44.1 Å². The summed E-state index contributed by atoms with van der Waals surface area (Å²) in [6.07, 6.45) is 3.98. The number of nitrogens with two attached hydrogens (primary N) is 1. The van der Waals surface area contributed by atoms with E-state index >= 15 is 0 Å². The SMILES string of the molecule is Cc1nc2c(Nc3ccc(C4=NC(C)(C)CO4)cc3S(C)(=O)=O)cc(N)nc2n1C1CCCCO1. The zero-order valence-corrected chi connectivity index (χ0v) is 21.1. The summed E-state index contributed by atoms with van der Waals surface area (Å²) in [4.78, 5) is 14.0. The highest BCUT2D eigenvalue weighted by atomic mass is 32.2. The Balaban J connectivity index is 1.58. The molecule has 0 aliphatic carbocycles. The zero-order valence-electron chi connectivity index (χ0n) is 20.3. The van der Waals surface area contributed by atoms with Crippen molar-refractivity contribution in [2.24, 2.45) is 4.99 Å². The van der Waals surface area contributed by atoms with Crippen molar-refractivity contribution in [1.82, 2.24) is 14.5 Å². The lowest BCUT2D eigenvalue weighted by atomic mass is 10.1. The molecule has 4 heterocycles. The third-order valence-electron chi connectivity index (χ3n) is 6.15. The van der Waals surface area contributed by atoms with Gasteiger partial charge >= 0.3 is 0 Å². The molecule has 11 heteroatoms. The number of sulfone groups is 1. The number of imidazole rings is 1. The number of aliphatic imine (C=N–C) groups is 1. The second-order valence-corrected chi connectivity index (χ2v) is 11.7. The van der Waals surface area contributed by atoms with Crippen LogP contribution >= 0.6 is 0 Å². The van der Waals surface area contributed by atoms with E-state index in [-0.39, 0.29) is 16.7 Å². The van der Waals surface area contributed by atoms with Gasteiger partial charge in [-0.1, -0.05) is 0 Å². The molecule has 1 aromatic carbocycles. The summed E-state index contributed by atoms with van der Waals surface area (Å²) in [6.45, 7) is 6.96. The van der Waals surface area contributed by atoms with E-state index in [1.165, 1.54) is 6.26 Å². The van der Waals surface area contributed by atoms with Crippen LogP contribution in [0, 0.1) is 6.92 Å². The molecule has 1 saturated heterocycles. The largest absolute Gasteiger partial charge is 0.475 e. The van der Waals surface area contributed by atoms with E-state index in [2.05, 4.69) is 15.3 Å². The van der Waals surface area contributed by atoms with Crippen LogP contribution in [0.3, 0.4) is 0 Å². The number of rotatable bonds is 5. The summed E-state index contributed by atoms with van der Waals surface area (Å²) in [5, 5.41) is 3.24. The van der Waals surface area contributed by atoms with Crippen LogP contribution < -0.4 is 11.1 Å². The summed E-state index contributed by atoms with van der Waals surface area (Å²) >= 11 is 0. The second-order valence-electron chi connectivity index (χ2n) is 9.74. The molecule has 1 atom stereocenters. The Morgan fingerprint density at radius 1 is 1.17 bits per heavy atom. The lowest BCUT2D eigenvalue weighted by molar-refractivity contribution is -0.0308. The van der Waals surface area contributed by atoms with E-state index in [9.17, 15) is 8.42 Å². The summed E-state index contributed by atoms with van der Waals surface area (Å²) in [5.41, 5.74) is 8.59. The van der Waals surface area contributed by atoms with Crippen LogP contribution in [-0.2, 0) is 19.3 Å². The molecule has 5 rings (SSSR count). The number of anilines is 3. The fraction of sp³-hybridized carbons (Fsp3) is 0.458. The van der Waals surface area contributed by atoms with Crippen LogP contribution in [0.4, 0.5) is 17.2 Å². The first-order chi connectivity index (χ1) is 16.5. The number of fused-ring (bicyclic) bond motifs is 1. The maximum atomic E-state index is 12.7. The Morgan fingerprint density at radius 2 is 1.97 bits per heavy atom. The van der Waals surface area contributed by atoms with Crippen LogP contribution in [0.2, 0.25) is 0 Å². The topological polar surface area (TPSA) is 134 Å². The summed E-state index contributed by atoms with van der Waals surface area (Å²) in [6, 6.07) is 6.74. The molecule has 0 radical (unpaired) electrons. The fourth-order valence-corrected chi connectivity index (χ4v) is 5.36. The number of hydrogen-bond donors (Lipinski definition) is 2. The average molecular weight is 499 g/mol. The molecule has 2 aliphatic rings.